The lowest BCUT2D eigenvalue weighted by atomic mass is 10.1. The lowest BCUT2D eigenvalue weighted by Crippen LogP contribution is -2.25. The van der Waals surface area contributed by atoms with Crippen molar-refractivity contribution in [3.8, 4) is 28.3 Å². The number of hydrogen-bond acceptors (Lipinski definition) is 7. The number of anilines is 2. The monoisotopic (exact) mass is 452 g/mol. The Morgan fingerprint density at radius 1 is 1.13 bits per heavy atom. The number of halogens is 1. The number of benzene rings is 2. The summed E-state index contributed by atoms with van der Waals surface area (Å²) in [6.07, 6.45) is 0. The van der Waals surface area contributed by atoms with Gasteiger partial charge in [-0.05, 0) is 42.5 Å². The zero-order valence-corrected chi connectivity index (χ0v) is 17.3. The summed E-state index contributed by atoms with van der Waals surface area (Å²) >= 11 is 7.17. The molecule has 154 valence electrons. The molecule has 4 aromatic rings. The number of hydrogen-bond donors (Lipinski definition) is 2. The second-order valence-electron chi connectivity index (χ2n) is 6.62. The van der Waals surface area contributed by atoms with Crippen LogP contribution in [0, 0.1) is 0 Å². The SMILES string of the molecule is O=C1COc2ccc(-c3csc(NC(=O)c4cc(-c5ccc(Cl)cc5)on4)n3)cc2N1. The van der Waals surface area contributed by atoms with Crippen molar-refractivity contribution in [2.24, 2.45) is 0 Å². The number of amides is 2. The Balaban J connectivity index is 1.31. The zero-order valence-electron chi connectivity index (χ0n) is 15.7. The van der Waals surface area contributed by atoms with Crippen molar-refractivity contribution in [3.05, 3.63) is 64.6 Å². The molecule has 0 atom stereocenters. The molecular formula is C21H13ClN4O4S. The molecule has 0 saturated heterocycles. The number of nitrogens with one attached hydrogen (secondary N) is 2. The number of rotatable bonds is 4. The molecule has 2 aromatic carbocycles. The average Bonchev–Trinajstić information content (AvgIpc) is 3.44. The largest absolute Gasteiger partial charge is 0.482 e. The summed E-state index contributed by atoms with van der Waals surface area (Å²) in [5.74, 6) is 0.423. The van der Waals surface area contributed by atoms with Gasteiger partial charge in [0.05, 0.1) is 11.4 Å². The Hall–Kier alpha value is -3.69. The molecule has 0 bridgehead atoms. The van der Waals surface area contributed by atoms with E-state index in [1.54, 1.807) is 42.5 Å². The van der Waals surface area contributed by atoms with Gasteiger partial charge in [-0.25, -0.2) is 4.98 Å². The standard InChI is InChI=1S/C21H13ClN4O4S/c22-13-4-1-11(2-5-13)18-8-15(26-30-18)20(28)25-21-24-16(10-31-21)12-3-6-17-14(7-12)23-19(27)9-29-17/h1-8,10H,9H2,(H,23,27)(H,24,25,28). The summed E-state index contributed by atoms with van der Waals surface area (Å²) < 4.78 is 10.6. The van der Waals surface area contributed by atoms with E-state index >= 15 is 0 Å². The minimum absolute atomic E-state index is 0.000999. The topological polar surface area (TPSA) is 106 Å². The van der Waals surface area contributed by atoms with Gasteiger partial charge in [-0.15, -0.1) is 11.3 Å². The summed E-state index contributed by atoms with van der Waals surface area (Å²) in [6.45, 7) is 0.000999. The highest BCUT2D eigenvalue weighted by Crippen LogP contribution is 2.34. The minimum Gasteiger partial charge on any atom is -0.482 e. The number of carbonyl (C=O) groups is 2. The zero-order chi connectivity index (χ0) is 21.4. The molecule has 31 heavy (non-hydrogen) atoms. The van der Waals surface area contributed by atoms with E-state index in [4.69, 9.17) is 20.9 Å². The van der Waals surface area contributed by atoms with Crippen LogP contribution in [0.25, 0.3) is 22.6 Å². The van der Waals surface area contributed by atoms with Gasteiger partial charge in [-0.1, -0.05) is 16.8 Å². The van der Waals surface area contributed by atoms with Crippen LogP contribution in [0.3, 0.4) is 0 Å². The van der Waals surface area contributed by atoms with Crippen LogP contribution >= 0.6 is 22.9 Å². The molecule has 0 aliphatic carbocycles. The Kier molecular flexibility index (Phi) is 4.89. The maximum absolute atomic E-state index is 12.5. The molecule has 0 unspecified atom stereocenters. The molecule has 10 heteroatoms. The number of aromatic nitrogens is 2. The van der Waals surface area contributed by atoms with Crippen molar-refractivity contribution in [2.75, 3.05) is 17.2 Å². The molecule has 2 aromatic heterocycles. The molecule has 5 rings (SSSR count). The summed E-state index contributed by atoms with van der Waals surface area (Å²) in [7, 11) is 0. The molecule has 1 aliphatic rings. The first-order valence-corrected chi connectivity index (χ1v) is 10.4. The van der Waals surface area contributed by atoms with Crippen LogP contribution in [0.2, 0.25) is 5.02 Å². The first kappa shape index (κ1) is 19.3. The minimum atomic E-state index is -0.434. The van der Waals surface area contributed by atoms with Crippen molar-refractivity contribution in [3.63, 3.8) is 0 Å². The van der Waals surface area contributed by atoms with E-state index in [0.29, 0.717) is 33.0 Å². The molecule has 8 nitrogen and oxygen atoms in total. The van der Waals surface area contributed by atoms with Crippen LogP contribution < -0.4 is 15.4 Å². The Morgan fingerprint density at radius 2 is 1.94 bits per heavy atom. The number of ether oxygens (including phenoxy) is 1. The molecular weight excluding hydrogens is 440 g/mol. The van der Waals surface area contributed by atoms with Crippen molar-refractivity contribution in [1.29, 1.82) is 0 Å². The summed E-state index contributed by atoms with van der Waals surface area (Å²) in [4.78, 5) is 28.5. The molecule has 0 fully saturated rings. The lowest BCUT2D eigenvalue weighted by molar-refractivity contribution is -0.118. The molecule has 2 N–H and O–H groups in total. The first-order valence-electron chi connectivity index (χ1n) is 9.12. The third kappa shape index (κ3) is 4.00. The van der Waals surface area contributed by atoms with Gasteiger partial charge in [0, 0.05) is 27.6 Å². The van der Waals surface area contributed by atoms with E-state index in [1.165, 1.54) is 11.3 Å². The Labute approximate surface area is 184 Å². The van der Waals surface area contributed by atoms with Crippen LogP contribution in [0.4, 0.5) is 10.8 Å². The van der Waals surface area contributed by atoms with Crippen LogP contribution in [0.5, 0.6) is 5.75 Å². The second kappa shape index (κ2) is 7.86. The second-order valence-corrected chi connectivity index (χ2v) is 7.92. The van der Waals surface area contributed by atoms with Crippen molar-refractivity contribution < 1.29 is 18.8 Å². The van der Waals surface area contributed by atoms with Crippen LogP contribution in [0.15, 0.2) is 58.4 Å². The molecule has 3 heterocycles. The lowest BCUT2D eigenvalue weighted by Gasteiger charge is -2.18. The van der Waals surface area contributed by atoms with Gasteiger partial charge < -0.3 is 14.6 Å². The van der Waals surface area contributed by atoms with E-state index in [0.717, 1.165) is 11.1 Å². The maximum atomic E-state index is 12.5. The van der Waals surface area contributed by atoms with E-state index < -0.39 is 5.91 Å². The third-order valence-corrected chi connectivity index (χ3v) is 5.51. The third-order valence-electron chi connectivity index (χ3n) is 4.50. The highest BCUT2D eigenvalue weighted by atomic mass is 35.5. The van der Waals surface area contributed by atoms with Gasteiger partial charge in [-0.3, -0.25) is 14.9 Å². The number of fused-ring (bicyclic) bond motifs is 1. The van der Waals surface area contributed by atoms with Crippen molar-refractivity contribution in [1.82, 2.24) is 10.1 Å². The quantitative estimate of drug-likeness (QED) is 0.464. The fourth-order valence-corrected chi connectivity index (χ4v) is 3.84. The fraction of sp³-hybridized carbons (Fsp3) is 0.0476. The first-order chi connectivity index (χ1) is 15.0. The number of nitrogens with zero attached hydrogens (tertiary/aromatic N) is 2. The molecule has 0 spiro atoms. The van der Waals surface area contributed by atoms with E-state index in [2.05, 4.69) is 20.8 Å². The van der Waals surface area contributed by atoms with E-state index in [1.807, 2.05) is 11.4 Å². The highest BCUT2D eigenvalue weighted by Gasteiger charge is 2.18. The molecule has 1 aliphatic heterocycles. The van der Waals surface area contributed by atoms with Gasteiger partial charge in [0.15, 0.2) is 23.2 Å². The molecule has 0 saturated carbocycles. The van der Waals surface area contributed by atoms with Gasteiger partial charge in [0.1, 0.15) is 5.75 Å². The van der Waals surface area contributed by atoms with Gasteiger partial charge in [0.25, 0.3) is 11.8 Å². The van der Waals surface area contributed by atoms with Gasteiger partial charge >= 0.3 is 0 Å². The van der Waals surface area contributed by atoms with Crippen LogP contribution in [-0.4, -0.2) is 28.6 Å². The smallest absolute Gasteiger partial charge is 0.279 e. The van der Waals surface area contributed by atoms with Crippen LogP contribution in [0.1, 0.15) is 10.5 Å². The van der Waals surface area contributed by atoms with Crippen molar-refractivity contribution >= 4 is 45.6 Å². The summed E-state index contributed by atoms with van der Waals surface area (Å²) in [6, 6.07) is 14.0. The summed E-state index contributed by atoms with van der Waals surface area (Å²) in [5.41, 5.74) is 2.92. The predicted octanol–water partition coefficient (Wildman–Crippen LogP) is 4.70. The average molecular weight is 453 g/mol. The number of thiazole rings is 1. The van der Waals surface area contributed by atoms with E-state index in [-0.39, 0.29) is 18.2 Å². The molecule has 0 radical (unpaired) electrons. The Bertz CT molecular complexity index is 1300. The van der Waals surface area contributed by atoms with Gasteiger partial charge in [0.2, 0.25) is 0 Å². The van der Waals surface area contributed by atoms with Crippen molar-refractivity contribution in [2.45, 2.75) is 0 Å². The normalized spacial score (nSPS) is 12.6. The van der Waals surface area contributed by atoms with Gasteiger partial charge in [-0.2, -0.15) is 0 Å². The van der Waals surface area contributed by atoms with Crippen LogP contribution in [-0.2, 0) is 4.79 Å². The highest BCUT2D eigenvalue weighted by molar-refractivity contribution is 7.14. The van der Waals surface area contributed by atoms with E-state index in [9.17, 15) is 9.59 Å². The number of carbonyl (C=O) groups excluding carboxylic acids is 2. The Morgan fingerprint density at radius 3 is 2.77 bits per heavy atom. The maximum Gasteiger partial charge on any atom is 0.279 e. The fourth-order valence-electron chi connectivity index (χ4n) is 3.00. The predicted molar refractivity (Wildman–Crippen MR) is 117 cm³/mol. The molecule has 2 amide bonds. The summed E-state index contributed by atoms with van der Waals surface area (Å²) in [5, 5.41) is 12.1.